The van der Waals surface area contributed by atoms with Crippen LogP contribution < -0.4 is 21.3 Å². The van der Waals surface area contributed by atoms with Crippen LogP contribution in [0.5, 0.6) is 46.0 Å². The molecule has 33 nitrogen and oxygen atoms in total. The van der Waals surface area contributed by atoms with E-state index >= 15 is 0 Å². The number of allylic oxidation sites excluding steroid dienone is 12. The Kier molecular flexibility index (Phi) is 42.6. The number of phenols is 8. The number of hydrogen-bond donors (Lipinski definition) is 13. The summed E-state index contributed by atoms with van der Waals surface area (Å²) >= 11 is 12.4. The van der Waals surface area contributed by atoms with Crippen molar-refractivity contribution in [2.45, 2.75) is 103 Å². The van der Waals surface area contributed by atoms with Crippen molar-refractivity contribution in [2.24, 2.45) is 20.6 Å². The summed E-state index contributed by atoms with van der Waals surface area (Å²) in [6, 6.07) is 6.83. The Morgan fingerprint density at radius 1 is 0.362 bits per heavy atom. The molecule has 0 unspecified atom stereocenters. The SMILES string of the molecule is CNC(=O)CO/N=C1/C=C/CC/C=C/CCOC(=O)c2c(O)cc(O)c(Cl)c2C1.CNC(=O)CO/N=C1/C=C/CC/C=C/CCOC(=O)c2c(O)cc(O)cc2C1.CNC(=O)CO/N=C1\C=C\CC/C=C/CCOC(=O)c2c(O)cc(O)c(Cl)c2C1.O=C(CO/N=C1\C=C\CC/C=C/CCOC(=O)c2c(O)cc(O)cc2C1)NCCO. The second kappa shape index (κ2) is 52.6. The number of fused-ring (bicyclic) bond motifs is 4. The minimum absolute atomic E-state index is 0.0359. The van der Waals surface area contributed by atoms with Gasteiger partial charge in [-0.3, -0.25) is 19.2 Å². The molecule has 4 aliphatic rings. The van der Waals surface area contributed by atoms with Crippen LogP contribution in [0.3, 0.4) is 0 Å². The number of oxime groups is 4. The minimum Gasteiger partial charge on any atom is -0.508 e. The van der Waals surface area contributed by atoms with Crippen molar-refractivity contribution in [1.29, 1.82) is 0 Å². The van der Waals surface area contributed by atoms with Gasteiger partial charge in [-0.2, -0.15) is 0 Å². The van der Waals surface area contributed by atoms with Gasteiger partial charge < -0.3 is 106 Å². The number of phenolic OH excluding ortho intramolecular Hbond substituents is 8. The molecule has 0 saturated heterocycles. The standard InChI is InChI=1S/C21H26N2O7.2C20H23ClN2O6.C20H24N2O6/c24-9-8-22-19(27)14-30-23-16-7-5-3-1-2-4-6-10-29-21(28)20-15(11-16)12-17(25)13-18(20)26;2*1-22-17(26)12-29-23-13-8-6-4-2-3-5-7-9-28-20(27)18-14(10-13)19(21)16(25)11-15(18)24;1-21-18(25)13-28-22-15-8-6-4-2-3-5-7-9-27-20(26)19-14(10-15)11-16(23)12-17(19)24/h2,4-5,7,12-13,24-26H,1,3,6,8-11,14H2,(H,22,27);2*3,5-6,8,11,24-25H,2,4,7,9-10,12H2,1H3,(H,22,26);3,5-6,8,11-12,23-24H,2,4,7,9-10,13H2,1H3,(H,21,25)/b4-2+,7-5+,23-16+;5-3+,8-6+,23-13+;5-3+,8-6+,23-13-;5-3+,8-6+,22-15-. The first kappa shape index (κ1) is 94.0. The molecule has 8 rings (SSSR count). The van der Waals surface area contributed by atoms with Gasteiger partial charge in [0.1, 0.15) is 68.2 Å². The second-order valence-corrected chi connectivity index (χ2v) is 25.6. The summed E-state index contributed by atoms with van der Waals surface area (Å²) in [6.45, 7) is -0.625. The number of aromatic hydroxyl groups is 8. The number of nitrogens with one attached hydrogen (secondary N) is 4. The van der Waals surface area contributed by atoms with E-state index in [9.17, 15) is 79.2 Å². The molecule has 0 fully saturated rings. The molecule has 4 amide bonds. The van der Waals surface area contributed by atoms with E-state index in [1.807, 2.05) is 72.9 Å². The Hall–Kier alpha value is -12.6. The number of aliphatic hydroxyl groups is 1. The van der Waals surface area contributed by atoms with Gasteiger partial charge >= 0.3 is 23.9 Å². The summed E-state index contributed by atoms with van der Waals surface area (Å²) in [6.07, 6.45) is 38.3. The van der Waals surface area contributed by atoms with E-state index in [1.165, 1.54) is 33.3 Å². The zero-order valence-corrected chi connectivity index (χ0v) is 65.7. The van der Waals surface area contributed by atoms with Crippen LogP contribution in [-0.4, -0.2) is 203 Å². The summed E-state index contributed by atoms with van der Waals surface area (Å²) in [5.41, 5.74) is 2.02. The molecule has 0 spiro atoms. The Balaban J connectivity index is 0.000000276. The lowest BCUT2D eigenvalue weighted by atomic mass is 9.99. The van der Waals surface area contributed by atoms with Gasteiger partial charge in [0.2, 0.25) is 0 Å². The average Bonchev–Trinajstić information content (AvgIpc) is 0.809. The van der Waals surface area contributed by atoms with Gasteiger partial charge in [-0.05, 0) is 136 Å². The molecule has 624 valence electrons. The number of likely N-dealkylation sites (N-methyl/N-ethyl adjacent to an activating group) is 3. The maximum Gasteiger partial charge on any atom is 0.342 e. The van der Waals surface area contributed by atoms with Crippen molar-refractivity contribution in [3.8, 4) is 46.0 Å². The van der Waals surface area contributed by atoms with Crippen molar-refractivity contribution in [3.05, 3.63) is 188 Å². The topological polar surface area (TPSA) is 490 Å². The Morgan fingerprint density at radius 2 is 0.629 bits per heavy atom. The maximum atomic E-state index is 12.5. The second-order valence-electron chi connectivity index (χ2n) is 24.9. The zero-order valence-electron chi connectivity index (χ0n) is 64.2. The highest BCUT2D eigenvalue weighted by molar-refractivity contribution is 6.34. The molecular weight excluding hydrogens is 1560 g/mol. The van der Waals surface area contributed by atoms with Gasteiger partial charge in [0.05, 0.1) is 65.9 Å². The number of carbonyl (C=O) groups is 8. The van der Waals surface area contributed by atoms with Crippen LogP contribution in [0.2, 0.25) is 10.0 Å². The number of cyclic esters (lactones) is 4. The molecule has 4 heterocycles. The van der Waals surface area contributed by atoms with Gasteiger partial charge in [0, 0.05) is 77.6 Å². The van der Waals surface area contributed by atoms with Crippen molar-refractivity contribution in [2.75, 3.05) is 87.1 Å². The molecule has 4 aliphatic heterocycles. The van der Waals surface area contributed by atoms with Crippen LogP contribution in [0.4, 0.5) is 0 Å². The third kappa shape index (κ3) is 34.0. The molecule has 4 aromatic carbocycles. The van der Waals surface area contributed by atoms with Crippen LogP contribution in [0.15, 0.2) is 154 Å². The van der Waals surface area contributed by atoms with Gasteiger partial charge in [-0.25, -0.2) is 19.2 Å². The zero-order chi connectivity index (χ0) is 84.6. The first-order valence-corrected chi connectivity index (χ1v) is 37.4. The van der Waals surface area contributed by atoms with Crippen molar-refractivity contribution >= 4 is 93.6 Å². The molecule has 0 radical (unpaired) electrons. The quantitative estimate of drug-likeness (QED) is 0.0242. The number of amides is 4. The van der Waals surface area contributed by atoms with Crippen molar-refractivity contribution in [1.82, 2.24) is 21.3 Å². The first-order chi connectivity index (χ1) is 55.9. The van der Waals surface area contributed by atoms with Crippen molar-refractivity contribution < 1.29 is 123 Å². The number of carbonyl (C=O) groups excluding carboxylic acids is 8. The molecule has 0 aliphatic carbocycles. The third-order valence-corrected chi connectivity index (χ3v) is 16.9. The predicted molar refractivity (Wildman–Crippen MR) is 429 cm³/mol. The normalized spacial score (nSPS) is 18.8. The number of halogens is 2. The highest BCUT2D eigenvalue weighted by atomic mass is 35.5. The number of esters is 4. The van der Waals surface area contributed by atoms with Crippen LogP contribution in [0, 0.1) is 0 Å². The largest absolute Gasteiger partial charge is 0.508 e. The summed E-state index contributed by atoms with van der Waals surface area (Å²) in [4.78, 5) is 116. The fourth-order valence-electron chi connectivity index (χ4n) is 10.4. The molecular formula is C81H96Cl2N8O25. The highest BCUT2D eigenvalue weighted by Gasteiger charge is 2.28. The Bertz CT molecular complexity index is 4290. The van der Waals surface area contributed by atoms with E-state index in [4.69, 9.17) is 66.6 Å². The van der Waals surface area contributed by atoms with E-state index in [-0.39, 0.29) is 182 Å². The van der Waals surface area contributed by atoms with Crippen LogP contribution in [0.1, 0.15) is 141 Å². The smallest absolute Gasteiger partial charge is 0.342 e. The van der Waals surface area contributed by atoms with Gasteiger partial charge in [0.15, 0.2) is 26.4 Å². The molecule has 116 heavy (non-hydrogen) atoms. The average molecular weight is 1650 g/mol. The minimum atomic E-state index is -0.764. The molecule has 35 heteroatoms. The maximum absolute atomic E-state index is 12.5. The van der Waals surface area contributed by atoms with Gasteiger partial charge in [-0.1, -0.05) is 117 Å². The molecule has 13 N–H and O–H groups in total. The van der Waals surface area contributed by atoms with Crippen LogP contribution >= 0.6 is 23.2 Å². The summed E-state index contributed by atoms with van der Waals surface area (Å²) in [5.74, 6) is -7.27. The van der Waals surface area contributed by atoms with E-state index in [1.54, 1.807) is 24.3 Å². The lowest BCUT2D eigenvalue weighted by Crippen LogP contribution is -2.29. The lowest BCUT2D eigenvalue weighted by molar-refractivity contribution is -0.126. The lowest BCUT2D eigenvalue weighted by Gasteiger charge is -2.14. The number of hydrogen-bond acceptors (Lipinski definition) is 29. The monoisotopic (exact) mass is 1650 g/mol. The Morgan fingerprint density at radius 3 is 0.931 bits per heavy atom. The molecule has 0 saturated carbocycles. The van der Waals surface area contributed by atoms with Crippen LogP contribution in [-0.2, 0) is 83.2 Å². The number of ether oxygens (including phenoxy) is 4. The van der Waals surface area contributed by atoms with Crippen LogP contribution in [0.25, 0.3) is 0 Å². The van der Waals surface area contributed by atoms with Gasteiger partial charge in [-0.15, -0.1) is 0 Å². The highest BCUT2D eigenvalue weighted by Crippen LogP contribution is 2.39. The third-order valence-electron chi connectivity index (χ3n) is 16.0. The molecule has 0 aromatic heterocycles. The fourth-order valence-corrected chi connectivity index (χ4v) is 10.8. The number of benzene rings is 4. The van der Waals surface area contributed by atoms with Gasteiger partial charge in [0.25, 0.3) is 23.6 Å². The summed E-state index contributed by atoms with van der Waals surface area (Å²) < 4.78 is 20.9. The van der Waals surface area contributed by atoms with E-state index in [0.717, 1.165) is 75.6 Å². The van der Waals surface area contributed by atoms with E-state index in [2.05, 4.69) is 41.9 Å². The number of aliphatic hydroxyl groups excluding tert-OH is 1. The Labute approximate surface area is 678 Å². The van der Waals surface area contributed by atoms with E-state index < -0.39 is 47.0 Å². The fraction of sp³-hybridized carbons (Fsp3) is 0.358. The molecule has 4 aromatic rings. The van der Waals surface area contributed by atoms with Crippen molar-refractivity contribution in [3.63, 3.8) is 0 Å². The number of rotatable bonds is 14. The summed E-state index contributed by atoms with van der Waals surface area (Å²) in [7, 11) is 4.43. The molecule has 0 atom stereocenters. The number of nitrogens with zero attached hydrogens (tertiary/aromatic N) is 4. The summed E-state index contributed by atoms with van der Waals surface area (Å²) in [5, 5.41) is 114. The first-order valence-electron chi connectivity index (χ1n) is 36.6. The predicted octanol–water partition coefficient (Wildman–Crippen LogP) is 9.52. The van der Waals surface area contributed by atoms with E-state index in [0.29, 0.717) is 59.7 Å². The molecule has 0 bridgehead atoms.